The Morgan fingerprint density at radius 1 is 1.08 bits per heavy atom. The number of pyridine rings is 1. The third-order valence-corrected chi connectivity index (χ3v) is 5.00. The maximum Gasteiger partial charge on any atom is 0.496 e. The van der Waals surface area contributed by atoms with Gasteiger partial charge in [0.25, 0.3) is 0 Å². The van der Waals surface area contributed by atoms with Gasteiger partial charge in [0.2, 0.25) is 0 Å². The van der Waals surface area contributed by atoms with E-state index < -0.39 is 18.3 Å². The fraction of sp³-hybridized carbons (Fsp3) is 0.421. The van der Waals surface area contributed by atoms with Gasteiger partial charge in [-0.15, -0.1) is 0 Å². The summed E-state index contributed by atoms with van der Waals surface area (Å²) in [5, 5.41) is 0. The highest BCUT2D eigenvalue weighted by atomic mass is 16.7. The average molecular weight is 340 g/mol. The van der Waals surface area contributed by atoms with Gasteiger partial charge in [0.1, 0.15) is 6.10 Å². The summed E-state index contributed by atoms with van der Waals surface area (Å²) in [4.78, 5) is 4.26. The molecule has 2 heterocycles. The van der Waals surface area contributed by atoms with E-state index in [2.05, 4.69) is 4.98 Å². The lowest BCUT2D eigenvalue weighted by atomic mass is 9.80. The second-order valence-electron chi connectivity index (χ2n) is 7.41. The van der Waals surface area contributed by atoms with Crippen LogP contribution in [0.2, 0.25) is 0 Å². The number of nitrogens with zero attached hydrogens (tertiary/aromatic N) is 1. The third kappa shape index (κ3) is 3.50. The molecule has 2 N–H and O–H groups in total. The molecular formula is C19H25BN2O3. The molecule has 132 valence electrons. The normalized spacial score (nSPS) is 19.6. The number of nitrogens with two attached hydrogens (primary N) is 1. The zero-order valence-corrected chi connectivity index (χ0v) is 15.4. The first-order valence-corrected chi connectivity index (χ1v) is 8.52. The molecule has 0 unspecified atom stereocenters. The Kier molecular flexibility index (Phi) is 4.52. The standard InChI is InChI=1S/C19H25BN2O3/c1-13(14-9-7-6-8-10-14)23-16-11-15(12-22-17(16)21)20-24-18(2,3)19(4,5)25-20/h6-13H,1-5H3,(H2,21,22)/t13-/m1/s1. The number of aromatic nitrogens is 1. The van der Waals surface area contributed by atoms with Crippen LogP contribution in [0.15, 0.2) is 42.6 Å². The average Bonchev–Trinajstić information content (AvgIpc) is 2.78. The van der Waals surface area contributed by atoms with Crippen LogP contribution in [0.1, 0.15) is 46.3 Å². The molecule has 1 aliphatic rings. The van der Waals surface area contributed by atoms with E-state index in [0.717, 1.165) is 11.0 Å². The minimum absolute atomic E-state index is 0.140. The first-order valence-electron chi connectivity index (χ1n) is 8.52. The highest BCUT2D eigenvalue weighted by Gasteiger charge is 2.52. The first-order chi connectivity index (χ1) is 11.7. The molecule has 0 spiro atoms. The zero-order chi connectivity index (χ0) is 18.2. The summed E-state index contributed by atoms with van der Waals surface area (Å²) in [6, 6.07) is 11.8. The van der Waals surface area contributed by atoms with E-state index in [0.29, 0.717) is 11.6 Å². The van der Waals surface area contributed by atoms with E-state index in [1.54, 1.807) is 6.20 Å². The highest BCUT2D eigenvalue weighted by molar-refractivity contribution is 6.62. The highest BCUT2D eigenvalue weighted by Crippen LogP contribution is 2.37. The Morgan fingerprint density at radius 3 is 2.28 bits per heavy atom. The van der Waals surface area contributed by atoms with E-state index in [4.69, 9.17) is 19.8 Å². The smallest absolute Gasteiger partial charge is 0.482 e. The molecule has 25 heavy (non-hydrogen) atoms. The lowest BCUT2D eigenvalue weighted by molar-refractivity contribution is 0.00578. The van der Waals surface area contributed by atoms with Crippen molar-refractivity contribution in [1.82, 2.24) is 4.98 Å². The lowest BCUT2D eigenvalue weighted by Crippen LogP contribution is -2.41. The predicted molar refractivity (Wildman–Crippen MR) is 99.9 cm³/mol. The molecule has 1 saturated heterocycles. The minimum Gasteiger partial charge on any atom is -0.482 e. The SMILES string of the molecule is C[C@@H](Oc1cc(B2OC(C)(C)C(C)(C)O2)cnc1N)c1ccccc1. The zero-order valence-electron chi connectivity index (χ0n) is 15.4. The molecule has 1 fully saturated rings. The fourth-order valence-electron chi connectivity index (χ4n) is 2.66. The molecule has 1 aliphatic heterocycles. The minimum atomic E-state index is -0.493. The van der Waals surface area contributed by atoms with Crippen molar-refractivity contribution in [3.8, 4) is 5.75 Å². The van der Waals surface area contributed by atoms with E-state index in [9.17, 15) is 0 Å². The van der Waals surface area contributed by atoms with Crippen LogP contribution in [0.5, 0.6) is 5.75 Å². The molecule has 0 bridgehead atoms. The number of anilines is 1. The summed E-state index contributed by atoms with van der Waals surface area (Å²) < 4.78 is 18.2. The Balaban J connectivity index is 1.82. The summed E-state index contributed by atoms with van der Waals surface area (Å²) >= 11 is 0. The van der Waals surface area contributed by atoms with Crippen LogP contribution < -0.4 is 15.9 Å². The molecule has 3 rings (SSSR count). The van der Waals surface area contributed by atoms with Gasteiger partial charge in [0.15, 0.2) is 11.6 Å². The Bertz CT molecular complexity index is 734. The molecule has 0 radical (unpaired) electrons. The van der Waals surface area contributed by atoms with Gasteiger partial charge in [-0.3, -0.25) is 0 Å². The molecule has 0 amide bonds. The van der Waals surface area contributed by atoms with Gasteiger partial charge in [0, 0.05) is 11.7 Å². The van der Waals surface area contributed by atoms with Gasteiger partial charge in [-0.25, -0.2) is 4.98 Å². The maximum absolute atomic E-state index is 6.08. The molecule has 0 aliphatic carbocycles. The van der Waals surface area contributed by atoms with Crippen molar-refractivity contribution < 1.29 is 14.0 Å². The molecule has 1 aromatic heterocycles. The topological polar surface area (TPSA) is 66.6 Å². The summed E-state index contributed by atoms with van der Waals surface area (Å²) in [7, 11) is -0.493. The van der Waals surface area contributed by atoms with E-state index in [1.807, 2.05) is 71.0 Å². The van der Waals surface area contributed by atoms with E-state index >= 15 is 0 Å². The van der Waals surface area contributed by atoms with Crippen LogP contribution >= 0.6 is 0 Å². The van der Waals surface area contributed by atoms with Crippen LogP contribution in [0.4, 0.5) is 5.82 Å². The number of ether oxygens (including phenoxy) is 1. The molecule has 1 atom stereocenters. The van der Waals surface area contributed by atoms with Crippen molar-refractivity contribution in [2.75, 3.05) is 5.73 Å². The van der Waals surface area contributed by atoms with Crippen LogP contribution in [0.25, 0.3) is 0 Å². The lowest BCUT2D eigenvalue weighted by Gasteiger charge is -2.32. The van der Waals surface area contributed by atoms with Crippen molar-refractivity contribution in [3.63, 3.8) is 0 Å². The Labute approximate surface area is 149 Å². The second-order valence-corrected chi connectivity index (χ2v) is 7.41. The van der Waals surface area contributed by atoms with Crippen LogP contribution in [0.3, 0.4) is 0 Å². The molecule has 1 aromatic carbocycles. The summed E-state index contributed by atoms with van der Waals surface area (Å²) in [5.74, 6) is 0.881. The summed E-state index contributed by atoms with van der Waals surface area (Å²) in [6.07, 6.45) is 1.54. The summed E-state index contributed by atoms with van der Waals surface area (Å²) in [5.41, 5.74) is 7.06. The van der Waals surface area contributed by atoms with Crippen LogP contribution in [0, 0.1) is 0 Å². The van der Waals surface area contributed by atoms with Gasteiger partial charge in [-0.05, 0) is 46.2 Å². The molecular weight excluding hydrogens is 315 g/mol. The molecule has 6 heteroatoms. The first kappa shape index (κ1) is 17.8. The fourth-order valence-corrected chi connectivity index (χ4v) is 2.66. The van der Waals surface area contributed by atoms with Crippen molar-refractivity contribution in [3.05, 3.63) is 48.2 Å². The number of benzene rings is 1. The van der Waals surface area contributed by atoms with E-state index in [1.165, 1.54) is 0 Å². The number of nitrogen functional groups attached to an aromatic ring is 1. The van der Waals surface area contributed by atoms with Crippen molar-refractivity contribution in [2.45, 2.75) is 51.9 Å². The van der Waals surface area contributed by atoms with Gasteiger partial charge < -0.3 is 19.8 Å². The number of hydrogen-bond acceptors (Lipinski definition) is 5. The van der Waals surface area contributed by atoms with Crippen molar-refractivity contribution in [2.24, 2.45) is 0 Å². The molecule has 0 saturated carbocycles. The Hall–Kier alpha value is -2.05. The largest absolute Gasteiger partial charge is 0.496 e. The second kappa shape index (κ2) is 6.35. The summed E-state index contributed by atoms with van der Waals surface area (Å²) in [6.45, 7) is 10.1. The van der Waals surface area contributed by atoms with Gasteiger partial charge in [-0.1, -0.05) is 30.3 Å². The van der Waals surface area contributed by atoms with Crippen molar-refractivity contribution in [1.29, 1.82) is 0 Å². The Morgan fingerprint density at radius 2 is 1.68 bits per heavy atom. The van der Waals surface area contributed by atoms with Gasteiger partial charge >= 0.3 is 7.12 Å². The number of hydrogen-bond donors (Lipinski definition) is 1. The molecule has 2 aromatic rings. The van der Waals surface area contributed by atoms with Gasteiger partial charge in [-0.2, -0.15) is 0 Å². The van der Waals surface area contributed by atoms with Gasteiger partial charge in [0.05, 0.1) is 11.2 Å². The number of rotatable bonds is 4. The maximum atomic E-state index is 6.08. The van der Waals surface area contributed by atoms with E-state index in [-0.39, 0.29) is 6.10 Å². The quantitative estimate of drug-likeness (QED) is 0.867. The monoisotopic (exact) mass is 340 g/mol. The molecule has 5 nitrogen and oxygen atoms in total. The van der Waals surface area contributed by atoms with Crippen molar-refractivity contribution >= 4 is 18.4 Å². The van der Waals surface area contributed by atoms with Crippen LogP contribution in [-0.4, -0.2) is 23.3 Å². The third-order valence-electron chi connectivity index (χ3n) is 5.00. The van der Waals surface area contributed by atoms with Crippen LogP contribution in [-0.2, 0) is 9.31 Å². The predicted octanol–water partition coefficient (Wildman–Crippen LogP) is 3.10.